The fraction of sp³-hybridized carbons (Fsp3) is 0.238. The van der Waals surface area contributed by atoms with Gasteiger partial charge in [-0.3, -0.25) is 10.0 Å². The molecule has 9 nitrogen and oxygen atoms in total. The van der Waals surface area contributed by atoms with Gasteiger partial charge < -0.3 is 14.7 Å². The van der Waals surface area contributed by atoms with Crippen LogP contribution in [0.2, 0.25) is 0 Å². The summed E-state index contributed by atoms with van der Waals surface area (Å²) in [5, 5.41) is 25.4. The minimum Gasteiger partial charge on any atom is -0.454 e. The monoisotopic (exact) mass is 462 g/mol. The number of nitrogens with zero attached hydrogens (tertiary/aromatic N) is 4. The number of fused-ring (bicyclic) bond motifs is 2. The second kappa shape index (κ2) is 7.76. The fourth-order valence-electron chi connectivity index (χ4n) is 3.87. The summed E-state index contributed by atoms with van der Waals surface area (Å²) in [6.45, 7) is -0.0746. The van der Waals surface area contributed by atoms with Gasteiger partial charge >= 0.3 is 6.18 Å². The van der Waals surface area contributed by atoms with E-state index in [0.717, 1.165) is 9.75 Å². The lowest BCUT2D eigenvalue weighted by atomic mass is 10.0. The van der Waals surface area contributed by atoms with E-state index in [0.29, 0.717) is 16.6 Å². The van der Waals surface area contributed by atoms with E-state index in [-0.39, 0.29) is 54.5 Å². The first-order valence-electron chi connectivity index (χ1n) is 9.87. The molecule has 3 heterocycles. The Bertz CT molecular complexity index is 1240. The van der Waals surface area contributed by atoms with Crippen molar-refractivity contribution in [2.75, 3.05) is 18.4 Å². The molecule has 2 N–H and O–H groups in total. The molecule has 2 aromatic carbocycles. The quantitative estimate of drug-likeness (QED) is 0.455. The van der Waals surface area contributed by atoms with Crippen molar-refractivity contribution < 1.29 is 37.9 Å². The normalized spacial score (nSPS) is 15.4. The maximum absolute atomic E-state index is 13.5. The van der Waals surface area contributed by atoms with Crippen LogP contribution >= 0.6 is 0 Å². The van der Waals surface area contributed by atoms with Gasteiger partial charge in [-0.2, -0.15) is 28.4 Å². The van der Waals surface area contributed by atoms with Gasteiger partial charge in [0.05, 0.1) is 23.6 Å². The Hall–Kier alpha value is -3.61. The van der Waals surface area contributed by atoms with Gasteiger partial charge in [-0.05, 0) is 36.8 Å². The molecule has 2 aliphatic rings. The van der Waals surface area contributed by atoms with E-state index in [1.807, 2.05) is 0 Å². The summed E-state index contributed by atoms with van der Waals surface area (Å²) in [5.74, 6) is 0.0320. The number of hydrogen-bond acceptors (Lipinski definition) is 7. The molecule has 33 heavy (non-hydrogen) atoms. The number of aromatic nitrogens is 2. The van der Waals surface area contributed by atoms with E-state index in [9.17, 15) is 28.4 Å². The van der Waals surface area contributed by atoms with Gasteiger partial charge in [-0.1, -0.05) is 6.07 Å². The van der Waals surface area contributed by atoms with E-state index in [4.69, 9.17) is 9.47 Å². The first-order chi connectivity index (χ1) is 15.7. The van der Waals surface area contributed by atoms with Crippen molar-refractivity contribution in [3.8, 4) is 17.2 Å². The Morgan fingerprint density at radius 3 is 2.70 bits per heavy atom. The highest BCUT2D eigenvalue weighted by atomic mass is 19.4. The van der Waals surface area contributed by atoms with Gasteiger partial charge in [0.15, 0.2) is 17.2 Å². The van der Waals surface area contributed by atoms with Crippen molar-refractivity contribution in [3.63, 3.8) is 0 Å². The van der Waals surface area contributed by atoms with Crippen molar-refractivity contribution in [3.05, 3.63) is 65.0 Å². The smallest absolute Gasteiger partial charge is 0.435 e. The lowest BCUT2D eigenvalue weighted by Crippen LogP contribution is -2.29. The maximum Gasteiger partial charge on any atom is 0.435 e. The van der Waals surface area contributed by atoms with Crippen molar-refractivity contribution in [2.45, 2.75) is 19.1 Å². The van der Waals surface area contributed by atoms with E-state index in [2.05, 4.69) is 5.10 Å². The van der Waals surface area contributed by atoms with E-state index >= 15 is 0 Å². The third-order valence-electron chi connectivity index (χ3n) is 5.44. The van der Waals surface area contributed by atoms with Crippen LogP contribution < -0.4 is 14.5 Å². The standard InChI is InChI=1S/C21H17F3N4O5/c22-21(23,24)19-15-6-7-26(30)10-16(15)27(25-19)13-3-1-2-12(8-13)20(29)28(31)14-4-5-17-18(9-14)33-11-32-17/h1-5,8-9,30-31H,6-7,10-11H2. The minimum atomic E-state index is -4.67. The molecule has 0 spiro atoms. The highest BCUT2D eigenvalue weighted by molar-refractivity contribution is 6.04. The molecule has 3 aromatic rings. The Labute approximate surface area is 184 Å². The summed E-state index contributed by atoms with van der Waals surface area (Å²) < 4.78 is 52.1. The zero-order valence-electron chi connectivity index (χ0n) is 16.9. The lowest BCUT2D eigenvalue weighted by Gasteiger charge is -2.22. The molecule has 0 saturated heterocycles. The average Bonchev–Trinajstić information content (AvgIpc) is 3.41. The second-order valence-corrected chi connectivity index (χ2v) is 7.53. The van der Waals surface area contributed by atoms with Crippen molar-refractivity contribution in [1.29, 1.82) is 0 Å². The summed E-state index contributed by atoms with van der Waals surface area (Å²) in [6, 6.07) is 10.1. The summed E-state index contributed by atoms with van der Waals surface area (Å²) in [4.78, 5) is 12.9. The number of amides is 1. The maximum atomic E-state index is 13.5. The number of anilines is 1. The molecule has 2 aliphatic heterocycles. The fourth-order valence-corrected chi connectivity index (χ4v) is 3.87. The third-order valence-corrected chi connectivity index (χ3v) is 5.44. The highest BCUT2D eigenvalue weighted by Crippen LogP contribution is 2.37. The molecule has 12 heteroatoms. The molecule has 0 unspecified atom stereocenters. The van der Waals surface area contributed by atoms with Crippen LogP contribution in [0.25, 0.3) is 5.69 Å². The molecule has 0 bridgehead atoms. The first-order valence-corrected chi connectivity index (χ1v) is 9.87. The number of carbonyl (C=O) groups excluding carboxylic acids is 1. The number of benzene rings is 2. The molecule has 172 valence electrons. The molecule has 0 atom stereocenters. The molecule has 5 rings (SSSR count). The molecular weight excluding hydrogens is 445 g/mol. The second-order valence-electron chi connectivity index (χ2n) is 7.53. The number of hydrogen-bond donors (Lipinski definition) is 2. The zero-order valence-corrected chi connectivity index (χ0v) is 16.9. The average molecular weight is 462 g/mol. The van der Waals surface area contributed by atoms with Crippen LogP contribution in [0.4, 0.5) is 18.9 Å². The van der Waals surface area contributed by atoms with Crippen LogP contribution in [-0.4, -0.2) is 44.5 Å². The number of halogens is 3. The van der Waals surface area contributed by atoms with E-state index in [1.165, 1.54) is 36.4 Å². The molecule has 0 aliphatic carbocycles. The molecule has 0 radical (unpaired) electrons. The number of ether oxygens (including phenoxy) is 2. The van der Waals surface area contributed by atoms with Gasteiger partial charge in [-0.25, -0.2) is 4.68 Å². The summed E-state index contributed by atoms with van der Waals surface area (Å²) >= 11 is 0. The van der Waals surface area contributed by atoms with Crippen LogP contribution in [0.5, 0.6) is 11.5 Å². The molecular formula is C21H17F3N4O5. The largest absolute Gasteiger partial charge is 0.454 e. The molecule has 1 amide bonds. The lowest BCUT2D eigenvalue weighted by molar-refractivity contribution is -0.142. The molecule has 1 aromatic heterocycles. The predicted octanol–water partition coefficient (Wildman–Crippen LogP) is 3.40. The van der Waals surface area contributed by atoms with Crippen LogP contribution in [0.3, 0.4) is 0 Å². The Kier molecular flexibility index (Phi) is 5.00. The Morgan fingerprint density at radius 1 is 1.12 bits per heavy atom. The van der Waals surface area contributed by atoms with Crippen LogP contribution in [-0.2, 0) is 19.1 Å². The van der Waals surface area contributed by atoms with Crippen molar-refractivity contribution in [1.82, 2.24) is 14.8 Å². The predicted molar refractivity (Wildman–Crippen MR) is 106 cm³/mol. The summed E-state index contributed by atoms with van der Waals surface area (Å²) in [6.07, 6.45) is -4.69. The Balaban J connectivity index is 1.50. The number of carbonyl (C=O) groups is 1. The number of rotatable bonds is 3. The first kappa shape index (κ1) is 21.2. The minimum absolute atomic E-state index is 0.00803. The molecule has 0 fully saturated rings. The topological polar surface area (TPSA) is 100 Å². The van der Waals surface area contributed by atoms with Crippen molar-refractivity contribution in [2.24, 2.45) is 0 Å². The Morgan fingerprint density at radius 2 is 1.91 bits per heavy atom. The van der Waals surface area contributed by atoms with Gasteiger partial charge in [0.25, 0.3) is 5.91 Å². The summed E-state index contributed by atoms with van der Waals surface area (Å²) in [5.41, 5.74) is -0.511. The van der Waals surface area contributed by atoms with Gasteiger partial charge in [0.1, 0.15) is 0 Å². The number of alkyl halides is 3. The van der Waals surface area contributed by atoms with E-state index in [1.54, 1.807) is 6.07 Å². The van der Waals surface area contributed by atoms with Crippen molar-refractivity contribution >= 4 is 11.6 Å². The number of hydroxylamine groups is 3. The van der Waals surface area contributed by atoms with Gasteiger partial charge in [0, 0.05) is 23.7 Å². The third kappa shape index (κ3) is 3.77. The van der Waals surface area contributed by atoms with Crippen LogP contribution in [0.1, 0.15) is 27.3 Å². The highest BCUT2D eigenvalue weighted by Gasteiger charge is 2.40. The SMILES string of the molecule is O=C(c1cccc(-n2nc(C(F)(F)F)c3c2CN(O)CC3)c1)N(O)c1ccc2c(c1)OCO2. The van der Waals surface area contributed by atoms with E-state index < -0.39 is 17.8 Å². The zero-order chi connectivity index (χ0) is 23.3. The molecule has 0 saturated carbocycles. The van der Waals surface area contributed by atoms with Crippen LogP contribution in [0, 0.1) is 0 Å². The van der Waals surface area contributed by atoms with Gasteiger partial charge in [0.2, 0.25) is 6.79 Å². The summed E-state index contributed by atoms with van der Waals surface area (Å²) in [7, 11) is 0. The van der Waals surface area contributed by atoms with Gasteiger partial charge in [-0.15, -0.1) is 0 Å². The van der Waals surface area contributed by atoms with Crippen LogP contribution in [0.15, 0.2) is 42.5 Å².